The molecule has 1 aromatic rings. The molecule has 5 nitrogen and oxygen atoms in total. The van der Waals surface area contributed by atoms with Gasteiger partial charge in [-0.1, -0.05) is 12.2 Å². The van der Waals surface area contributed by atoms with Crippen LogP contribution >= 0.6 is 0 Å². The molecule has 3 aliphatic rings. The van der Waals surface area contributed by atoms with E-state index in [1.807, 2.05) is 25.3 Å². The predicted octanol–water partition coefficient (Wildman–Crippen LogP) is 2.27. The number of methoxy groups -OCH3 is 1. The van der Waals surface area contributed by atoms with Crippen LogP contribution in [0.1, 0.15) is 30.1 Å². The Morgan fingerprint density at radius 3 is 3.04 bits per heavy atom. The molecule has 0 bridgehead atoms. The van der Waals surface area contributed by atoms with E-state index in [-0.39, 0.29) is 17.7 Å². The SMILES string of the molecule is [C-]#[N+][C@@H]1c2ccc(OC)c3c2[C@@]2(C=C[C@H](O)C[C@@H]2O3)CCN1C. The molecule has 4 atom stereocenters. The van der Waals surface area contributed by atoms with Gasteiger partial charge in [-0.25, -0.2) is 11.5 Å². The molecule has 23 heavy (non-hydrogen) atoms. The highest BCUT2D eigenvalue weighted by Crippen LogP contribution is 2.57. The molecule has 0 fully saturated rings. The number of ether oxygens (including phenoxy) is 2. The Morgan fingerprint density at radius 2 is 2.30 bits per heavy atom. The standard InChI is InChI=1S/C18H20N2O3/c1-19-17-12-4-5-13(22-3)16-15(12)18(8-9-20(17)2)7-6-11(21)10-14(18)23-16/h4-7,11,14,17,21H,8-10H2,2-3H3/t11-,14-,17-,18-/m0/s1. The molecule has 5 heteroatoms. The molecule has 1 aliphatic carbocycles. The lowest BCUT2D eigenvalue weighted by Crippen LogP contribution is -2.42. The maximum atomic E-state index is 10.0. The van der Waals surface area contributed by atoms with Crippen LogP contribution in [0, 0.1) is 6.57 Å². The number of aliphatic hydroxyl groups excluding tert-OH is 1. The molecule has 1 N–H and O–H groups in total. The van der Waals surface area contributed by atoms with Crippen LogP contribution in [0.4, 0.5) is 0 Å². The van der Waals surface area contributed by atoms with Gasteiger partial charge in [-0.05, 0) is 25.6 Å². The smallest absolute Gasteiger partial charge is 0.305 e. The topological polar surface area (TPSA) is 46.3 Å². The maximum Gasteiger partial charge on any atom is 0.305 e. The van der Waals surface area contributed by atoms with Gasteiger partial charge in [0.15, 0.2) is 11.5 Å². The van der Waals surface area contributed by atoms with Crippen molar-refractivity contribution in [1.82, 2.24) is 4.90 Å². The Balaban J connectivity index is 2.00. The van der Waals surface area contributed by atoms with E-state index in [4.69, 9.17) is 16.0 Å². The van der Waals surface area contributed by atoms with Crippen LogP contribution in [0.25, 0.3) is 4.85 Å². The fourth-order valence-electron chi connectivity index (χ4n) is 4.25. The minimum absolute atomic E-state index is 0.106. The van der Waals surface area contributed by atoms with Crippen molar-refractivity contribution in [3.05, 3.63) is 46.8 Å². The minimum Gasteiger partial charge on any atom is -0.493 e. The largest absolute Gasteiger partial charge is 0.493 e. The van der Waals surface area contributed by atoms with Gasteiger partial charge in [0.1, 0.15) is 6.10 Å². The van der Waals surface area contributed by atoms with Gasteiger partial charge in [-0.3, -0.25) is 4.85 Å². The van der Waals surface area contributed by atoms with E-state index in [0.29, 0.717) is 12.2 Å². The molecular formula is C18H20N2O3. The van der Waals surface area contributed by atoms with E-state index >= 15 is 0 Å². The summed E-state index contributed by atoms with van der Waals surface area (Å²) >= 11 is 0. The van der Waals surface area contributed by atoms with Gasteiger partial charge < -0.3 is 14.6 Å². The third-order valence-electron chi connectivity index (χ3n) is 5.44. The first-order chi connectivity index (χ1) is 11.1. The highest BCUT2D eigenvalue weighted by atomic mass is 16.5. The summed E-state index contributed by atoms with van der Waals surface area (Å²) in [6, 6.07) is 3.88. The highest BCUT2D eigenvalue weighted by molar-refractivity contribution is 5.62. The second-order valence-electron chi connectivity index (χ2n) is 6.60. The van der Waals surface area contributed by atoms with E-state index in [9.17, 15) is 5.11 Å². The molecule has 0 amide bonds. The van der Waals surface area contributed by atoms with Crippen molar-refractivity contribution in [2.45, 2.75) is 36.6 Å². The molecule has 0 radical (unpaired) electrons. The first-order valence-electron chi connectivity index (χ1n) is 7.93. The second-order valence-corrected chi connectivity index (χ2v) is 6.60. The summed E-state index contributed by atoms with van der Waals surface area (Å²) in [6.07, 6.45) is 4.52. The maximum absolute atomic E-state index is 10.0. The number of aliphatic hydroxyl groups is 1. The summed E-state index contributed by atoms with van der Waals surface area (Å²) in [6.45, 7) is 8.44. The Labute approximate surface area is 135 Å². The Hall–Kier alpha value is -2.03. The van der Waals surface area contributed by atoms with Crippen LogP contribution < -0.4 is 9.47 Å². The number of nitrogens with zero attached hydrogens (tertiary/aromatic N) is 2. The Bertz CT molecular complexity index is 724. The quantitative estimate of drug-likeness (QED) is 0.638. The molecule has 120 valence electrons. The highest BCUT2D eigenvalue weighted by Gasteiger charge is 2.54. The number of hydrogen-bond donors (Lipinski definition) is 1. The van der Waals surface area contributed by atoms with Crippen molar-refractivity contribution in [3.8, 4) is 11.5 Å². The fraction of sp³-hybridized carbons (Fsp3) is 0.500. The van der Waals surface area contributed by atoms with Crippen molar-refractivity contribution >= 4 is 0 Å². The molecule has 2 aliphatic heterocycles. The molecule has 0 saturated carbocycles. The van der Waals surface area contributed by atoms with Gasteiger partial charge in [-0.2, -0.15) is 0 Å². The van der Waals surface area contributed by atoms with Gasteiger partial charge in [-0.15, -0.1) is 0 Å². The summed E-state index contributed by atoms with van der Waals surface area (Å²) in [4.78, 5) is 5.94. The number of rotatable bonds is 1. The average Bonchev–Trinajstić information content (AvgIpc) is 2.82. The number of benzene rings is 1. The van der Waals surface area contributed by atoms with E-state index in [1.165, 1.54) is 0 Å². The zero-order chi connectivity index (χ0) is 16.2. The molecule has 1 spiro atoms. The van der Waals surface area contributed by atoms with Gasteiger partial charge >= 0.3 is 6.17 Å². The predicted molar refractivity (Wildman–Crippen MR) is 85.4 cm³/mol. The van der Waals surface area contributed by atoms with Crippen LogP contribution in [0.2, 0.25) is 0 Å². The normalized spacial score (nSPS) is 34.8. The van der Waals surface area contributed by atoms with Gasteiger partial charge in [0.25, 0.3) is 0 Å². The third kappa shape index (κ3) is 1.85. The summed E-state index contributed by atoms with van der Waals surface area (Å²) in [7, 11) is 3.63. The van der Waals surface area contributed by atoms with E-state index < -0.39 is 6.10 Å². The molecule has 4 rings (SSSR count). The summed E-state index contributed by atoms with van der Waals surface area (Å²) < 4.78 is 11.7. The fourth-order valence-corrected chi connectivity index (χ4v) is 4.25. The molecule has 1 aromatic carbocycles. The second kappa shape index (κ2) is 4.98. The van der Waals surface area contributed by atoms with Crippen molar-refractivity contribution in [1.29, 1.82) is 0 Å². The molecule has 0 saturated heterocycles. The van der Waals surface area contributed by atoms with E-state index in [1.54, 1.807) is 7.11 Å². The molecule has 2 heterocycles. The molecule has 0 unspecified atom stereocenters. The first-order valence-corrected chi connectivity index (χ1v) is 7.93. The Morgan fingerprint density at radius 1 is 1.48 bits per heavy atom. The van der Waals surface area contributed by atoms with Crippen LogP contribution in [0.15, 0.2) is 24.3 Å². The average molecular weight is 312 g/mol. The van der Waals surface area contributed by atoms with Crippen molar-refractivity contribution in [3.63, 3.8) is 0 Å². The van der Waals surface area contributed by atoms with E-state index in [0.717, 1.165) is 29.8 Å². The van der Waals surface area contributed by atoms with Crippen molar-refractivity contribution in [2.75, 3.05) is 20.7 Å². The first kappa shape index (κ1) is 14.6. The van der Waals surface area contributed by atoms with Gasteiger partial charge in [0.2, 0.25) is 0 Å². The Kier molecular flexibility index (Phi) is 3.15. The van der Waals surface area contributed by atoms with Crippen LogP contribution in [0.3, 0.4) is 0 Å². The lowest BCUT2D eigenvalue weighted by molar-refractivity contribution is 0.0816. The zero-order valence-electron chi connectivity index (χ0n) is 13.3. The number of hydrogen-bond acceptors (Lipinski definition) is 4. The van der Waals surface area contributed by atoms with Crippen molar-refractivity contribution in [2.24, 2.45) is 0 Å². The van der Waals surface area contributed by atoms with E-state index in [2.05, 4.69) is 15.8 Å². The lowest BCUT2D eigenvalue weighted by atomic mass is 9.69. The summed E-state index contributed by atoms with van der Waals surface area (Å²) in [5.74, 6) is 1.45. The van der Waals surface area contributed by atoms with Crippen LogP contribution in [-0.4, -0.2) is 42.9 Å². The molecular weight excluding hydrogens is 292 g/mol. The van der Waals surface area contributed by atoms with Crippen molar-refractivity contribution < 1.29 is 14.6 Å². The molecule has 0 aromatic heterocycles. The lowest BCUT2D eigenvalue weighted by Gasteiger charge is -2.35. The van der Waals surface area contributed by atoms with Gasteiger partial charge in [0, 0.05) is 18.5 Å². The zero-order valence-corrected chi connectivity index (χ0v) is 13.3. The monoisotopic (exact) mass is 312 g/mol. The van der Waals surface area contributed by atoms with Crippen LogP contribution in [-0.2, 0) is 5.41 Å². The van der Waals surface area contributed by atoms with Crippen LogP contribution in [0.5, 0.6) is 11.5 Å². The summed E-state index contributed by atoms with van der Waals surface area (Å²) in [5.41, 5.74) is 1.81. The third-order valence-corrected chi connectivity index (χ3v) is 5.44. The van der Waals surface area contributed by atoms with Gasteiger partial charge in [0.05, 0.1) is 24.2 Å². The summed E-state index contributed by atoms with van der Waals surface area (Å²) in [5, 5.41) is 10.0. The minimum atomic E-state index is -0.480.